The molecule has 0 spiro atoms. The van der Waals surface area contributed by atoms with Crippen LogP contribution in [0.15, 0.2) is 11.6 Å². The topological polar surface area (TPSA) is 233 Å². The predicted octanol–water partition coefficient (Wildman–Crippen LogP) is 2.83. The second-order valence-electron chi connectivity index (χ2n) is 20.0. The first kappa shape index (κ1) is 42.4. The molecule has 0 aromatic heterocycles. The molecule has 0 amide bonds. The first-order chi connectivity index (χ1) is 26.1. The van der Waals surface area contributed by atoms with E-state index in [0.29, 0.717) is 44.4 Å². The van der Waals surface area contributed by atoms with Crippen molar-refractivity contribution in [3.05, 3.63) is 11.6 Å². The zero-order valence-electron chi connectivity index (χ0n) is 33.9. The highest BCUT2D eigenvalue weighted by molar-refractivity contribution is 5.84. The molecule has 2 saturated heterocycles. The molecule has 5 aliphatic carbocycles. The average Bonchev–Trinajstić information content (AvgIpc) is 3.14. The lowest BCUT2D eigenvalue weighted by Gasteiger charge is -2.70. The summed E-state index contributed by atoms with van der Waals surface area (Å²) in [6, 6.07) is 0. The lowest BCUT2D eigenvalue weighted by atomic mass is 9.33. The van der Waals surface area contributed by atoms with Gasteiger partial charge in [0.2, 0.25) is 0 Å². The van der Waals surface area contributed by atoms with Crippen molar-refractivity contribution in [1.29, 1.82) is 0 Å². The van der Waals surface area contributed by atoms with Gasteiger partial charge < -0.3 is 59.8 Å². The van der Waals surface area contributed by atoms with Crippen molar-refractivity contribution in [3.63, 3.8) is 0 Å². The summed E-state index contributed by atoms with van der Waals surface area (Å²) in [5, 5.41) is 85.6. The zero-order valence-corrected chi connectivity index (χ0v) is 33.9. The van der Waals surface area contributed by atoms with E-state index in [1.165, 1.54) is 0 Å². The van der Waals surface area contributed by atoms with E-state index in [4.69, 9.17) is 18.9 Å². The lowest BCUT2D eigenvalue weighted by Crippen LogP contribution is -2.68. The second kappa shape index (κ2) is 14.5. The fourth-order valence-corrected chi connectivity index (χ4v) is 14.0. The molecule has 318 valence electrons. The Morgan fingerprint density at radius 2 is 1.43 bits per heavy atom. The van der Waals surface area contributed by atoms with E-state index in [1.54, 1.807) is 6.92 Å². The summed E-state index contributed by atoms with van der Waals surface area (Å²) >= 11 is 0. The quantitative estimate of drug-likeness (QED) is 0.137. The van der Waals surface area contributed by atoms with Gasteiger partial charge in [0.05, 0.1) is 29.6 Å². The van der Waals surface area contributed by atoms with Gasteiger partial charge in [-0.2, -0.15) is 0 Å². The minimum atomic E-state index is -1.73. The van der Waals surface area contributed by atoms with Crippen LogP contribution in [-0.4, -0.2) is 127 Å². The summed E-state index contributed by atoms with van der Waals surface area (Å²) in [6.07, 6.45) is -7.03. The Morgan fingerprint density at radius 1 is 0.750 bits per heavy atom. The molecule has 0 bridgehead atoms. The van der Waals surface area contributed by atoms with Gasteiger partial charge in [-0.05, 0) is 111 Å². The smallest absolute Gasteiger partial charge is 0.314 e. The molecule has 20 atom stereocenters. The van der Waals surface area contributed by atoms with Crippen LogP contribution >= 0.6 is 0 Å². The fraction of sp³-hybridized carbons (Fsp3) is 0.905. The number of fused-ring (bicyclic) bond motifs is 7. The largest absolute Gasteiger partial charge is 0.481 e. The van der Waals surface area contributed by atoms with Crippen molar-refractivity contribution in [2.75, 3.05) is 6.61 Å². The highest BCUT2D eigenvalue weighted by atomic mass is 16.7. The number of rotatable bonds is 7. The molecule has 0 aromatic rings. The van der Waals surface area contributed by atoms with Gasteiger partial charge >= 0.3 is 11.9 Å². The van der Waals surface area contributed by atoms with Crippen LogP contribution in [0.2, 0.25) is 0 Å². The van der Waals surface area contributed by atoms with Crippen molar-refractivity contribution in [2.45, 2.75) is 174 Å². The zero-order chi connectivity index (χ0) is 41.1. The highest BCUT2D eigenvalue weighted by Gasteiger charge is 2.73. The molecule has 7 aliphatic rings. The third-order valence-corrected chi connectivity index (χ3v) is 17.4. The molecule has 14 heteroatoms. The number of aliphatic hydroxyl groups is 6. The van der Waals surface area contributed by atoms with E-state index in [1.807, 2.05) is 0 Å². The number of allylic oxidation sites excluding steroid dienone is 1. The molecular formula is C42H66O14. The molecular weight excluding hydrogens is 728 g/mol. The van der Waals surface area contributed by atoms with Crippen molar-refractivity contribution in [3.8, 4) is 0 Å². The maximum Gasteiger partial charge on any atom is 0.314 e. The Hall–Kier alpha value is -1.72. The number of carboxylic acid groups (broad SMARTS) is 2. The molecule has 14 nitrogen and oxygen atoms in total. The molecule has 56 heavy (non-hydrogen) atoms. The minimum absolute atomic E-state index is 0.0190. The second-order valence-corrected chi connectivity index (χ2v) is 20.0. The number of aliphatic carboxylic acids is 2. The molecule has 4 saturated carbocycles. The van der Waals surface area contributed by atoms with E-state index in [-0.39, 0.29) is 29.1 Å². The third-order valence-electron chi connectivity index (χ3n) is 17.4. The normalized spacial score (nSPS) is 54.1. The molecule has 2 heterocycles. The van der Waals surface area contributed by atoms with Gasteiger partial charge in [-0.1, -0.05) is 53.2 Å². The summed E-state index contributed by atoms with van der Waals surface area (Å²) in [5.74, 6) is -1.49. The first-order valence-corrected chi connectivity index (χ1v) is 20.9. The number of hydrogen-bond donors (Lipinski definition) is 8. The summed E-state index contributed by atoms with van der Waals surface area (Å²) < 4.78 is 24.1. The Bertz CT molecular complexity index is 1550. The number of hydrogen-bond acceptors (Lipinski definition) is 12. The molecule has 2 aliphatic heterocycles. The van der Waals surface area contributed by atoms with Crippen molar-refractivity contribution in [2.24, 2.45) is 56.7 Å². The number of aliphatic hydroxyl groups excluding tert-OH is 6. The third kappa shape index (κ3) is 5.85. The van der Waals surface area contributed by atoms with E-state index in [9.17, 15) is 50.4 Å². The average molecular weight is 795 g/mol. The molecule has 6 fully saturated rings. The summed E-state index contributed by atoms with van der Waals surface area (Å²) in [7, 11) is 0. The van der Waals surface area contributed by atoms with Crippen molar-refractivity contribution in [1.82, 2.24) is 0 Å². The lowest BCUT2D eigenvalue weighted by molar-refractivity contribution is -0.366. The molecule has 0 radical (unpaired) electrons. The minimum Gasteiger partial charge on any atom is -0.481 e. The van der Waals surface area contributed by atoms with E-state index in [2.05, 4.69) is 47.6 Å². The Kier molecular flexibility index (Phi) is 11.0. The van der Waals surface area contributed by atoms with Crippen molar-refractivity contribution >= 4 is 11.9 Å². The standard InChI is InChI=1S/C42H66O14/c1-19-10-15-41(36(49)50)16-17-42(37(51)52)22(27(41)20(19)2)8-9-25-39(6)13-12-26(38(4,5)24(39)11-14-40(25,42)7)55-35-32(48)33(28(44)21(3)53-35)56-34-31(47)30(46)29(45)23(18-43)54-34/h8,19-21,23-35,43-48H,9-18H2,1-7H3,(H,49,50)(H,51,52)/t19-,20-,21-,23+,24+,25+,26-,27+,28+,29+,30-,31-,32+,33-,34-,35-,39+,40-,41+,42-/m1/s1. The molecule has 7 rings (SSSR count). The number of carbonyl (C=O) groups is 2. The Morgan fingerprint density at radius 3 is 2.07 bits per heavy atom. The Labute approximate surface area is 329 Å². The SMILES string of the molecule is C[C@@H]1[C@H](C)CC[C@]2(C(=O)O)CC[C@]3(C(=O)O)C(=CC[C@H]4[C@@]5(C)CC[C@@H](O[C@H]6O[C@H](C)[C@H](O)[C@@H](O[C@H]7O[C@@H](CO)[C@H](O)[C@@H](O)[C@H]7O)[C@@H]6O)C(C)(C)[C@@H]5CC[C@]43C)[C@H]12. The summed E-state index contributed by atoms with van der Waals surface area (Å²) in [6.45, 7) is 14.0. The van der Waals surface area contributed by atoms with E-state index < -0.39 is 108 Å². The summed E-state index contributed by atoms with van der Waals surface area (Å²) in [5.41, 5.74) is -2.61. The van der Waals surface area contributed by atoms with Crippen LogP contribution in [0.4, 0.5) is 0 Å². The van der Waals surface area contributed by atoms with E-state index in [0.717, 1.165) is 24.8 Å². The van der Waals surface area contributed by atoms with Crippen LogP contribution in [0, 0.1) is 56.7 Å². The van der Waals surface area contributed by atoms with Crippen LogP contribution in [0.3, 0.4) is 0 Å². The van der Waals surface area contributed by atoms with Gasteiger partial charge in [0.25, 0.3) is 0 Å². The fourth-order valence-electron chi connectivity index (χ4n) is 14.0. The summed E-state index contributed by atoms with van der Waals surface area (Å²) in [4.78, 5) is 27.1. The first-order valence-electron chi connectivity index (χ1n) is 20.9. The van der Waals surface area contributed by atoms with Crippen molar-refractivity contribution < 1.29 is 69.4 Å². The molecule has 8 N–H and O–H groups in total. The van der Waals surface area contributed by atoms with Gasteiger partial charge in [-0.15, -0.1) is 0 Å². The highest BCUT2D eigenvalue weighted by Crippen LogP contribution is 2.76. The monoisotopic (exact) mass is 794 g/mol. The van der Waals surface area contributed by atoms with Crippen LogP contribution in [0.1, 0.15) is 106 Å². The van der Waals surface area contributed by atoms with Gasteiger partial charge in [0.1, 0.15) is 42.7 Å². The predicted molar refractivity (Wildman–Crippen MR) is 198 cm³/mol. The van der Waals surface area contributed by atoms with Gasteiger partial charge in [-0.25, -0.2) is 0 Å². The van der Waals surface area contributed by atoms with Gasteiger partial charge in [0.15, 0.2) is 12.6 Å². The van der Waals surface area contributed by atoms with Gasteiger partial charge in [-0.3, -0.25) is 9.59 Å². The Balaban J connectivity index is 1.14. The van der Waals surface area contributed by atoms with E-state index >= 15 is 0 Å². The molecule has 0 unspecified atom stereocenters. The van der Waals surface area contributed by atoms with Crippen LogP contribution in [0.25, 0.3) is 0 Å². The molecule has 0 aromatic carbocycles. The maximum absolute atomic E-state index is 14.0. The van der Waals surface area contributed by atoms with Crippen LogP contribution in [0.5, 0.6) is 0 Å². The van der Waals surface area contributed by atoms with Crippen LogP contribution in [-0.2, 0) is 28.5 Å². The number of carboxylic acids is 2. The van der Waals surface area contributed by atoms with Crippen LogP contribution < -0.4 is 0 Å². The number of ether oxygens (including phenoxy) is 4. The van der Waals surface area contributed by atoms with Gasteiger partial charge in [0, 0.05) is 0 Å². The maximum atomic E-state index is 14.0.